The maximum absolute atomic E-state index is 13.2. The van der Waals surface area contributed by atoms with E-state index in [0.717, 1.165) is 14.9 Å². The van der Waals surface area contributed by atoms with Gasteiger partial charge < -0.3 is 5.32 Å². The number of carbonyl (C=O) groups excluding carboxylic acids is 2. The third kappa shape index (κ3) is 4.91. The van der Waals surface area contributed by atoms with Crippen molar-refractivity contribution in [1.82, 2.24) is 0 Å². The summed E-state index contributed by atoms with van der Waals surface area (Å²) in [5.74, 6) is -0.338. The molecule has 0 aromatic heterocycles. The van der Waals surface area contributed by atoms with Gasteiger partial charge in [0.15, 0.2) is 5.17 Å². The number of anilines is 2. The highest BCUT2D eigenvalue weighted by Gasteiger charge is 2.40. The number of carbonyl (C=O) groups is 2. The van der Waals surface area contributed by atoms with E-state index < -0.39 is 5.25 Å². The number of thioether (sulfide) groups is 1. The molecule has 1 heterocycles. The lowest BCUT2D eigenvalue weighted by molar-refractivity contribution is -0.121. The first-order valence-corrected chi connectivity index (χ1v) is 11.3. The Morgan fingerprint density at radius 2 is 1.60 bits per heavy atom. The molecule has 0 unspecified atom stereocenters. The molecule has 30 heavy (non-hydrogen) atoms. The molecule has 1 fully saturated rings. The molecule has 1 atom stereocenters. The number of amides is 2. The molecule has 150 valence electrons. The van der Waals surface area contributed by atoms with Gasteiger partial charge >= 0.3 is 0 Å². The zero-order valence-electron chi connectivity index (χ0n) is 15.9. The topological polar surface area (TPSA) is 61.8 Å². The minimum Gasteiger partial charge on any atom is -0.326 e. The van der Waals surface area contributed by atoms with E-state index in [4.69, 9.17) is 0 Å². The third-order valence-corrected chi connectivity index (χ3v) is 6.29. The fourth-order valence-electron chi connectivity index (χ4n) is 3.02. The second-order valence-corrected chi connectivity index (χ2v) is 9.02. The van der Waals surface area contributed by atoms with Gasteiger partial charge in [-0.1, -0.05) is 48.2 Å². The fourth-order valence-corrected chi connectivity index (χ4v) is 4.53. The van der Waals surface area contributed by atoms with Crippen molar-refractivity contribution >= 4 is 68.4 Å². The standard InChI is InChI=1S/C23H18IN3O2S/c24-16-11-13-18(14-12-16)25-21(28)15-20-22(29)27(19-9-5-2-6-10-19)23(30-20)26-17-7-3-1-4-8-17/h1-14,20H,15H2,(H,25,28)/t20-/m1/s1. The zero-order valence-corrected chi connectivity index (χ0v) is 18.8. The lowest BCUT2D eigenvalue weighted by Gasteiger charge is -2.16. The number of hydrogen-bond donors (Lipinski definition) is 1. The van der Waals surface area contributed by atoms with Crippen LogP contribution in [0.1, 0.15) is 6.42 Å². The predicted octanol–water partition coefficient (Wildman–Crippen LogP) is 5.46. The van der Waals surface area contributed by atoms with Crippen LogP contribution >= 0.6 is 34.4 Å². The van der Waals surface area contributed by atoms with E-state index in [-0.39, 0.29) is 18.2 Å². The van der Waals surface area contributed by atoms with Gasteiger partial charge in [0.1, 0.15) is 5.25 Å². The smallest absolute Gasteiger partial charge is 0.247 e. The van der Waals surface area contributed by atoms with Crippen molar-refractivity contribution in [2.45, 2.75) is 11.7 Å². The van der Waals surface area contributed by atoms with E-state index >= 15 is 0 Å². The van der Waals surface area contributed by atoms with Gasteiger partial charge in [0, 0.05) is 15.7 Å². The van der Waals surface area contributed by atoms with Crippen molar-refractivity contribution < 1.29 is 9.59 Å². The lowest BCUT2D eigenvalue weighted by Crippen LogP contribution is -2.33. The zero-order chi connectivity index (χ0) is 20.9. The first-order valence-electron chi connectivity index (χ1n) is 9.35. The van der Waals surface area contributed by atoms with Crippen LogP contribution in [0, 0.1) is 3.57 Å². The van der Waals surface area contributed by atoms with Crippen molar-refractivity contribution in [2.24, 2.45) is 4.99 Å². The quantitative estimate of drug-likeness (QED) is 0.449. The molecule has 0 saturated carbocycles. The Morgan fingerprint density at radius 1 is 0.967 bits per heavy atom. The second kappa shape index (κ2) is 9.44. The van der Waals surface area contributed by atoms with Gasteiger partial charge in [0.05, 0.1) is 11.4 Å². The maximum Gasteiger partial charge on any atom is 0.247 e. The highest BCUT2D eigenvalue weighted by atomic mass is 127. The molecule has 4 rings (SSSR count). The van der Waals surface area contributed by atoms with Gasteiger partial charge in [-0.25, -0.2) is 4.99 Å². The summed E-state index contributed by atoms with van der Waals surface area (Å²) in [4.78, 5) is 32.0. The number of halogens is 1. The van der Waals surface area contributed by atoms with Crippen molar-refractivity contribution in [3.05, 3.63) is 88.5 Å². The van der Waals surface area contributed by atoms with Crippen molar-refractivity contribution in [3.8, 4) is 0 Å². The molecular weight excluding hydrogens is 509 g/mol. The monoisotopic (exact) mass is 527 g/mol. The number of nitrogens with one attached hydrogen (secondary N) is 1. The van der Waals surface area contributed by atoms with Crippen LogP contribution in [-0.2, 0) is 9.59 Å². The summed E-state index contributed by atoms with van der Waals surface area (Å²) in [5.41, 5.74) is 2.22. The van der Waals surface area contributed by atoms with E-state index in [0.29, 0.717) is 10.9 Å². The van der Waals surface area contributed by atoms with Crippen LogP contribution in [0.4, 0.5) is 17.1 Å². The van der Waals surface area contributed by atoms with E-state index in [1.54, 1.807) is 4.90 Å². The molecule has 3 aromatic carbocycles. The summed E-state index contributed by atoms with van der Waals surface area (Å²) >= 11 is 3.53. The summed E-state index contributed by atoms with van der Waals surface area (Å²) in [6.07, 6.45) is 0.0760. The molecule has 0 spiro atoms. The normalized spacial score (nSPS) is 17.4. The minimum absolute atomic E-state index is 0.0760. The van der Waals surface area contributed by atoms with Crippen LogP contribution in [-0.4, -0.2) is 22.2 Å². The molecule has 5 nitrogen and oxygen atoms in total. The Bertz CT molecular complexity index is 1070. The number of rotatable bonds is 5. The first kappa shape index (κ1) is 20.6. The van der Waals surface area contributed by atoms with Gasteiger partial charge in [-0.2, -0.15) is 0 Å². The molecule has 1 N–H and O–H groups in total. The summed E-state index contributed by atoms with van der Waals surface area (Å²) < 4.78 is 1.09. The highest BCUT2D eigenvalue weighted by molar-refractivity contribution is 14.1. The Hall–Kier alpha value is -2.65. The maximum atomic E-state index is 13.2. The van der Waals surface area contributed by atoms with Gasteiger partial charge in [0.25, 0.3) is 0 Å². The van der Waals surface area contributed by atoms with E-state index in [9.17, 15) is 9.59 Å². The average molecular weight is 527 g/mol. The van der Waals surface area contributed by atoms with Crippen LogP contribution in [0.25, 0.3) is 0 Å². The van der Waals surface area contributed by atoms with Gasteiger partial charge in [-0.05, 0) is 71.1 Å². The van der Waals surface area contributed by atoms with Crippen LogP contribution in [0.2, 0.25) is 0 Å². The molecule has 0 aliphatic carbocycles. The van der Waals surface area contributed by atoms with Gasteiger partial charge in [-0.3, -0.25) is 14.5 Å². The number of hydrogen-bond acceptors (Lipinski definition) is 4. The Balaban J connectivity index is 1.56. The van der Waals surface area contributed by atoms with E-state index in [2.05, 4.69) is 32.9 Å². The number of nitrogens with zero attached hydrogens (tertiary/aromatic N) is 2. The van der Waals surface area contributed by atoms with Crippen LogP contribution in [0.15, 0.2) is 89.9 Å². The lowest BCUT2D eigenvalue weighted by atomic mass is 10.2. The predicted molar refractivity (Wildman–Crippen MR) is 131 cm³/mol. The summed E-state index contributed by atoms with van der Waals surface area (Å²) in [7, 11) is 0. The van der Waals surface area contributed by atoms with Gasteiger partial charge in [-0.15, -0.1) is 0 Å². The molecule has 1 aliphatic heterocycles. The number of amidine groups is 1. The van der Waals surface area contributed by atoms with Crippen molar-refractivity contribution in [3.63, 3.8) is 0 Å². The fraction of sp³-hybridized carbons (Fsp3) is 0.0870. The largest absolute Gasteiger partial charge is 0.326 e. The molecule has 0 bridgehead atoms. The summed E-state index contributed by atoms with van der Waals surface area (Å²) in [6.45, 7) is 0. The van der Waals surface area contributed by atoms with Crippen LogP contribution < -0.4 is 10.2 Å². The highest BCUT2D eigenvalue weighted by Crippen LogP contribution is 2.35. The summed E-state index contributed by atoms with van der Waals surface area (Å²) in [5, 5.41) is 2.91. The second-order valence-electron chi connectivity index (χ2n) is 6.60. The van der Waals surface area contributed by atoms with E-state index in [1.807, 2.05) is 84.9 Å². The van der Waals surface area contributed by atoms with Crippen LogP contribution in [0.5, 0.6) is 0 Å². The molecule has 2 amide bonds. The van der Waals surface area contributed by atoms with Crippen molar-refractivity contribution in [1.29, 1.82) is 0 Å². The van der Waals surface area contributed by atoms with E-state index in [1.165, 1.54) is 11.8 Å². The van der Waals surface area contributed by atoms with Gasteiger partial charge in [0.2, 0.25) is 11.8 Å². The SMILES string of the molecule is O=C(C[C@H]1SC(=Nc2ccccc2)N(c2ccccc2)C1=O)Nc1ccc(I)cc1. The Morgan fingerprint density at radius 3 is 2.27 bits per heavy atom. The molecule has 0 radical (unpaired) electrons. The molecule has 3 aromatic rings. The molecular formula is C23H18IN3O2S. The van der Waals surface area contributed by atoms with Crippen LogP contribution in [0.3, 0.4) is 0 Å². The average Bonchev–Trinajstić information content (AvgIpc) is 3.05. The first-order chi connectivity index (χ1) is 14.6. The Labute approximate surface area is 192 Å². The molecule has 1 aliphatic rings. The van der Waals surface area contributed by atoms with Crippen molar-refractivity contribution in [2.75, 3.05) is 10.2 Å². The summed E-state index contributed by atoms with van der Waals surface area (Å²) in [6, 6.07) is 26.4. The number of para-hydroxylation sites is 2. The number of aliphatic imine (C=N–C) groups is 1. The minimum atomic E-state index is -0.531. The molecule has 1 saturated heterocycles. The molecule has 7 heteroatoms. The number of benzene rings is 3. The Kier molecular flexibility index (Phi) is 6.49. The third-order valence-electron chi connectivity index (χ3n) is 4.43.